The molecule has 0 aromatic heterocycles. The van der Waals surface area contributed by atoms with Crippen LogP contribution in [0.1, 0.15) is 45.1 Å². The predicted octanol–water partition coefficient (Wildman–Crippen LogP) is 2.68. The topological polar surface area (TPSA) is 104 Å². The Kier molecular flexibility index (Phi) is 6.33. The Morgan fingerprint density at radius 2 is 1.89 bits per heavy atom. The fraction of sp³-hybridized carbons (Fsp3) is 0.381. The van der Waals surface area contributed by atoms with E-state index in [1.54, 1.807) is 42.5 Å². The maximum Gasteiger partial charge on any atom is 0.356 e. The van der Waals surface area contributed by atoms with E-state index in [-0.39, 0.29) is 18.6 Å². The minimum atomic E-state index is -2.47. The minimum Gasteiger partial charge on any atom is -0.478 e. The Morgan fingerprint density at radius 3 is 2.48 bits per heavy atom. The van der Waals surface area contributed by atoms with Crippen molar-refractivity contribution >= 4 is 23.2 Å². The number of carbonyl (C=O) groups excluding carboxylic acids is 2. The molecule has 6 nitrogen and oxygen atoms in total. The zero-order chi connectivity index (χ0) is 20.1. The number of allylic oxidation sites excluding steroid dienone is 3. The van der Waals surface area contributed by atoms with Crippen LogP contribution in [0.4, 0.5) is 0 Å². The normalized spacial score (nSPS) is 21.1. The van der Waals surface area contributed by atoms with Crippen molar-refractivity contribution in [1.29, 1.82) is 0 Å². The smallest absolute Gasteiger partial charge is 0.356 e. The number of Topliss-reactive ketones (excluding diaryl/α,β-unsaturated/α-hetero) is 1. The van der Waals surface area contributed by atoms with Crippen molar-refractivity contribution in [2.24, 2.45) is 5.41 Å². The van der Waals surface area contributed by atoms with Gasteiger partial charge in [0.2, 0.25) is 11.6 Å². The summed E-state index contributed by atoms with van der Waals surface area (Å²) in [5.41, 5.74) is -2.84. The zero-order valence-corrected chi connectivity index (χ0v) is 15.6. The lowest BCUT2D eigenvalue weighted by Crippen LogP contribution is -2.58. The molecule has 1 aromatic rings. The molecule has 0 heterocycles. The van der Waals surface area contributed by atoms with Crippen LogP contribution in [0.25, 0.3) is 5.57 Å². The van der Waals surface area contributed by atoms with Crippen molar-refractivity contribution in [3.05, 3.63) is 54.1 Å². The number of amides is 1. The number of unbranched alkanes of at least 4 members (excludes halogenated alkanes) is 1. The molecule has 2 rings (SSSR count). The second kappa shape index (κ2) is 8.31. The molecule has 1 amide bonds. The molecule has 2 unspecified atom stereocenters. The first-order valence-corrected chi connectivity index (χ1v) is 9.00. The molecule has 0 fully saturated rings. The number of ketones is 1. The molecule has 27 heavy (non-hydrogen) atoms. The third kappa shape index (κ3) is 4.17. The van der Waals surface area contributed by atoms with Gasteiger partial charge in [0.25, 0.3) is 0 Å². The van der Waals surface area contributed by atoms with Crippen LogP contribution < -0.4 is 5.32 Å². The van der Waals surface area contributed by atoms with Gasteiger partial charge in [-0.1, -0.05) is 61.9 Å². The Bertz CT molecular complexity index is 779. The van der Waals surface area contributed by atoms with Crippen LogP contribution in [0.3, 0.4) is 0 Å². The number of benzene rings is 1. The first kappa shape index (κ1) is 20.6. The van der Waals surface area contributed by atoms with E-state index in [9.17, 15) is 19.5 Å². The van der Waals surface area contributed by atoms with E-state index in [2.05, 4.69) is 5.32 Å². The molecule has 1 aromatic carbocycles. The van der Waals surface area contributed by atoms with Gasteiger partial charge in [0.1, 0.15) is 5.41 Å². The van der Waals surface area contributed by atoms with Crippen molar-refractivity contribution in [2.45, 2.75) is 45.3 Å². The van der Waals surface area contributed by atoms with Crippen LogP contribution in [0.5, 0.6) is 0 Å². The van der Waals surface area contributed by atoms with Crippen molar-refractivity contribution in [2.75, 3.05) is 0 Å². The molecule has 0 bridgehead atoms. The van der Waals surface area contributed by atoms with E-state index >= 15 is 0 Å². The summed E-state index contributed by atoms with van der Waals surface area (Å²) >= 11 is 0. The highest BCUT2D eigenvalue weighted by Gasteiger charge is 2.50. The summed E-state index contributed by atoms with van der Waals surface area (Å²) in [6, 6.07) is 9.05. The molecule has 0 aliphatic heterocycles. The SMILES string of the molecule is CCCCC(=O)C1(C(=O)NC(C)(O)C(=O)O)CC=CC=C1c1ccccc1. The number of carboxylic acids is 1. The predicted molar refractivity (Wildman–Crippen MR) is 102 cm³/mol. The van der Waals surface area contributed by atoms with E-state index in [0.29, 0.717) is 17.6 Å². The maximum atomic E-state index is 13.2. The lowest BCUT2D eigenvalue weighted by atomic mass is 9.67. The number of nitrogens with one attached hydrogen (secondary N) is 1. The van der Waals surface area contributed by atoms with Gasteiger partial charge in [0, 0.05) is 6.42 Å². The number of rotatable bonds is 8. The summed E-state index contributed by atoms with van der Waals surface area (Å²) in [6.45, 7) is 2.92. The number of hydrogen-bond donors (Lipinski definition) is 3. The summed E-state index contributed by atoms with van der Waals surface area (Å²) in [7, 11) is 0. The van der Waals surface area contributed by atoms with Crippen LogP contribution in [-0.2, 0) is 14.4 Å². The van der Waals surface area contributed by atoms with E-state index < -0.39 is 23.0 Å². The first-order chi connectivity index (χ1) is 12.8. The average Bonchev–Trinajstić information content (AvgIpc) is 2.66. The Labute approximate surface area is 158 Å². The lowest BCUT2D eigenvalue weighted by molar-refractivity contribution is -0.165. The fourth-order valence-corrected chi connectivity index (χ4v) is 3.16. The van der Waals surface area contributed by atoms with Crippen LogP contribution in [0, 0.1) is 5.41 Å². The number of aliphatic carboxylic acids is 1. The number of carbonyl (C=O) groups is 3. The molecule has 0 spiro atoms. The zero-order valence-electron chi connectivity index (χ0n) is 15.6. The highest BCUT2D eigenvalue weighted by molar-refractivity contribution is 6.17. The van der Waals surface area contributed by atoms with Crippen LogP contribution >= 0.6 is 0 Å². The van der Waals surface area contributed by atoms with Gasteiger partial charge in [-0.3, -0.25) is 9.59 Å². The number of aliphatic hydroxyl groups is 1. The van der Waals surface area contributed by atoms with Crippen LogP contribution in [0.15, 0.2) is 48.6 Å². The molecular weight excluding hydrogens is 346 g/mol. The third-order valence-electron chi connectivity index (χ3n) is 4.76. The van der Waals surface area contributed by atoms with E-state index in [1.165, 1.54) is 0 Å². The van der Waals surface area contributed by atoms with Gasteiger partial charge in [0.15, 0.2) is 5.78 Å². The van der Waals surface area contributed by atoms with Gasteiger partial charge in [-0.05, 0) is 30.9 Å². The van der Waals surface area contributed by atoms with Gasteiger partial charge in [-0.25, -0.2) is 4.79 Å². The average molecular weight is 371 g/mol. The Balaban J connectivity index is 2.54. The van der Waals surface area contributed by atoms with Gasteiger partial charge in [-0.2, -0.15) is 0 Å². The highest BCUT2D eigenvalue weighted by atomic mass is 16.4. The monoisotopic (exact) mass is 371 g/mol. The summed E-state index contributed by atoms with van der Waals surface area (Å²) in [5, 5.41) is 21.3. The summed E-state index contributed by atoms with van der Waals surface area (Å²) in [5.74, 6) is -2.69. The number of carboxylic acid groups (broad SMARTS) is 1. The van der Waals surface area contributed by atoms with E-state index in [1.807, 2.05) is 13.0 Å². The molecule has 0 radical (unpaired) electrons. The second-order valence-corrected chi connectivity index (χ2v) is 6.84. The molecular formula is C21H25NO5. The second-order valence-electron chi connectivity index (χ2n) is 6.84. The van der Waals surface area contributed by atoms with Gasteiger partial charge in [0.05, 0.1) is 0 Å². The summed E-state index contributed by atoms with van der Waals surface area (Å²) < 4.78 is 0. The fourth-order valence-electron chi connectivity index (χ4n) is 3.16. The van der Waals surface area contributed by atoms with Gasteiger partial charge in [-0.15, -0.1) is 0 Å². The Morgan fingerprint density at radius 1 is 1.22 bits per heavy atom. The lowest BCUT2D eigenvalue weighted by Gasteiger charge is -2.36. The summed E-state index contributed by atoms with van der Waals surface area (Å²) in [4.78, 5) is 37.7. The third-order valence-corrected chi connectivity index (χ3v) is 4.76. The maximum absolute atomic E-state index is 13.2. The van der Waals surface area contributed by atoms with Crippen LogP contribution in [0.2, 0.25) is 0 Å². The molecule has 2 atom stereocenters. The van der Waals surface area contributed by atoms with Crippen molar-refractivity contribution in [3.8, 4) is 0 Å². The van der Waals surface area contributed by atoms with E-state index in [4.69, 9.17) is 5.11 Å². The van der Waals surface area contributed by atoms with Gasteiger partial charge >= 0.3 is 5.97 Å². The van der Waals surface area contributed by atoms with Crippen molar-refractivity contribution in [3.63, 3.8) is 0 Å². The molecule has 1 aliphatic carbocycles. The molecule has 3 N–H and O–H groups in total. The highest BCUT2D eigenvalue weighted by Crippen LogP contribution is 2.43. The van der Waals surface area contributed by atoms with Crippen LogP contribution in [-0.4, -0.2) is 33.6 Å². The summed E-state index contributed by atoms with van der Waals surface area (Å²) in [6.07, 6.45) is 6.90. The van der Waals surface area contributed by atoms with E-state index in [0.717, 1.165) is 13.3 Å². The van der Waals surface area contributed by atoms with Crippen molar-refractivity contribution < 1.29 is 24.6 Å². The molecule has 6 heteroatoms. The largest absolute Gasteiger partial charge is 0.478 e. The van der Waals surface area contributed by atoms with Gasteiger partial charge < -0.3 is 15.5 Å². The molecule has 0 saturated carbocycles. The Hall–Kier alpha value is -2.73. The van der Waals surface area contributed by atoms with Crippen molar-refractivity contribution in [1.82, 2.24) is 5.32 Å². The number of hydrogen-bond acceptors (Lipinski definition) is 4. The first-order valence-electron chi connectivity index (χ1n) is 9.00. The minimum absolute atomic E-state index is 0.109. The standard InChI is InChI=1S/C21H25NO5/c1-3-4-13-17(23)21(18(24)22-20(2,27)19(25)26)14-9-8-12-16(21)15-10-6-5-7-11-15/h5-12,27H,3-4,13-14H2,1-2H3,(H,22,24)(H,25,26). The molecule has 1 aliphatic rings. The quantitative estimate of drug-likeness (QED) is 0.481. The molecule has 0 saturated heterocycles. The molecule has 144 valence electrons.